The molecule has 0 spiro atoms. The Balaban J connectivity index is 1.81. The number of hydrogen-bond acceptors (Lipinski definition) is 3. The van der Waals surface area contributed by atoms with Crippen molar-refractivity contribution >= 4 is 11.8 Å². The highest BCUT2D eigenvalue weighted by Gasteiger charge is 2.30. The maximum Gasteiger partial charge on any atom is 0.416 e. The van der Waals surface area contributed by atoms with Crippen LogP contribution >= 0.6 is 11.8 Å². The Hall–Kier alpha value is -1.50. The minimum Gasteiger partial charge on any atom is -0.248 e. The van der Waals surface area contributed by atoms with Crippen molar-refractivity contribution in [2.75, 3.05) is 6.26 Å². The minimum atomic E-state index is -4.32. The van der Waals surface area contributed by atoms with Crippen LogP contribution in [0.2, 0.25) is 0 Å². The molecule has 2 aromatic rings. The van der Waals surface area contributed by atoms with Crippen molar-refractivity contribution in [2.45, 2.75) is 43.2 Å². The van der Waals surface area contributed by atoms with Gasteiger partial charge in [-0.1, -0.05) is 30.2 Å². The molecule has 0 amide bonds. The van der Waals surface area contributed by atoms with Crippen molar-refractivity contribution in [1.29, 1.82) is 0 Å². The Bertz CT molecular complexity index is 651. The van der Waals surface area contributed by atoms with Gasteiger partial charge in [0, 0.05) is 10.8 Å². The van der Waals surface area contributed by atoms with E-state index >= 15 is 0 Å². The van der Waals surface area contributed by atoms with E-state index in [0.717, 1.165) is 18.6 Å². The first-order valence-corrected chi connectivity index (χ1v) is 8.90. The fourth-order valence-corrected chi connectivity index (χ4v) is 4.03. The van der Waals surface area contributed by atoms with Gasteiger partial charge in [-0.3, -0.25) is 0 Å². The molecule has 1 fully saturated rings. The van der Waals surface area contributed by atoms with Gasteiger partial charge >= 0.3 is 6.18 Å². The number of nitrogens with zero attached hydrogens (tertiary/aromatic N) is 3. The average molecular weight is 341 g/mol. The molecule has 0 bridgehead atoms. The Labute approximate surface area is 137 Å². The highest BCUT2D eigenvalue weighted by molar-refractivity contribution is 7.99. The van der Waals surface area contributed by atoms with Gasteiger partial charge in [0.2, 0.25) is 0 Å². The second-order valence-corrected chi connectivity index (χ2v) is 6.86. The molecule has 2 unspecified atom stereocenters. The molecule has 3 nitrogen and oxygen atoms in total. The molecular weight excluding hydrogens is 323 g/mol. The quantitative estimate of drug-likeness (QED) is 0.802. The summed E-state index contributed by atoms with van der Waals surface area (Å²) in [6.45, 7) is 0. The zero-order valence-corrected chi connectivity index (χ0v) is 13.6. The second-order valence-electron chi connectivity index (χ2n) is 5.78. The lowest BCUT2D eigenvalue weighted by Gasteiger charge is -2.29. The summed E-state index contributed by atoms with van der Waals surface area (Å²) in [5.41, 5.74) is 0.619. The van der Waals surface area contributed by atoms with E-state index < -0.39 is 11.7 Å². The van der Waals surface area contributed by atoms with Crippen LogP contribution in [0.15, 0.2) is 30.5 Å². The normalized spacial score (nSPS) is 22.3. The molecule has 1 saturated carbocycles. The van der Waals surface area contributed by atoms with Gasteiger partial charge in [-0.2, -0.15) is 24.9 Å². The van der Waals surface area contributed by atoms with Gasteiger partial charge in [0.05, 0.1) is 17.8 Å². The van der Waals surface area contributed by atoms with E-state index in [4.69, 9.17) is 0 Å². The third-order valence-corrected chi connectivity index (χ3v) is 5.48. The molecule has 0 N–H and O–H groups in total. The number of thioether (sulfide) groups is 1. The zero-order chi connectivity index (χ0) is 16.4. The summed E-state index contributed by atoms with van der Waals surface area (Å²) in [4.78, 5) is 0. The van der Waals surface area contributed by atoms with Gasteiger partial charge in [0.15, 0.2) is 0 Å². The van der Waals surface area contributed by atoms with E-state index in [1.54, 1.807) is 0 Å². The lowest BCUT2D eigenvalue weighted by molar-refractivity contribution is -0.137. The van der Waals surface area contributed by atoms with Gasteiger partial charge in [0.25, 0.3) is 0 Å². The molecule has 23 heavy (non-hydrogen) atoms. The predicted octanol–water partition coefficient (Wildman–Crippen LogP) is 4.81. The molecular formula is C16H18F3N3S. The van der Waals surface area contributed by atoms with Crippen LogP contribution in [0.1, 0.15) is 37.3 Å². The van der Waals surface area contributed by atoms with Crippen LogP contribution in [-0.4, -0.2) is 26.5 Å². The van der Waals surface area contributed by atoms with Crippen molar-refractivity contribution in [1.82, 2.24) is 15.0 Å². The maximum absolute atomic E-state index is 12.6. The molecule has 7 heteroatoms. The smallest absolute Gasteiger partial charge is 0.248 e. The van der Waals surface area contributed by atoms with E-state index in [1.807, 2.05) is 22.6 Å². The van der Waals surface area contributed by atoms with E-state index in [1.165, 1.54) is 31.4 Å². The number of alkyl halides is 3. The van der Waals surface area contributed by atoms with Crippen LogP contribution in [0.3, 0.4) is 0 Å². The first-order valence-electron chi connectivity index (χ1n) is 7.61. The number of aromatic nitrogens is 3. The predicted molar refractivity (Wildman–Crippen MR) is 85.3 cm³/mol. The topological polar surface area (TPSA) is 30.7 Å². The molecule has 0 aliphatic heterocycles. The molecule has 1 heterocycles. The summed E-state index contributed by atoms with van der Waals surface area (Å²) >= 11 is 1.84. The van der Waals surface area contributed by atoms with E-state index in [0.29, 0.717) is 22.5 Å². The molecule has 124 valence electrons. The maximum atomic E-state index is 12.6. The largest absolute Gasteiger partial charge is 0.416 e. The molecule has 1 aromatic heterocycles. The molecule has 1 aliphatic carbocycles. The Morgan fingerprint density at radius 3 is 2.48 bits per heavy atom. The number of halogens is 3. The third-order valence-electron chi connectivity index (χ3n) is 4.33. The molecule has 1 aromatic carbocycles. The summed E-state index contributed by atoms with van der Waals surface area (Å²) in [6, 6.07) is 5.38. The van der Waals surface area contributed by atoms with Gasteiger partial charge in [-0.15, -0.1) is 5.10 Å². The highest BCUT2D eigenvalue weighted by Crippen LogP contribution is 2.36. The van der Waals surface area contributed by atoms with Gasteiger partial charge < -0.3 is 0 Å². The van der Waals surface area contributed by atoms with Crippen molar-refractivity contribution in [3.8, 4) is 11.3 Å². The van der Waals surface area contributed by atoms with Crippen LogP contribution in [0.4, 0.5) is 13.2 Å². The van der Waals surface area contributed by atoms with Crippen molar-refractivity contribution in [3.05, 3.63) is 36.0 Å². The summed E-state index contributed by atoms with van der Waals surface area (Å²) in [5.74, 6) is 0. The summed E-state index contributed by atoms with van der Waals surface area (Å²) in [6.07, 6.45) is 4.30. The highest BCUT2D eigenvalue weighted by atomic mass is 32.2. The van der Waals surface area contributed by atoms with Crippen LogP contribution in [0.5, 0.6) is 0 Å². The lowest BCUT2D eigenvalue weighted by atomic mass is 9.95. The summed E-state index contributed by atoms with van der Waals surface area (Å²) in [7, 11) is 0. The minimum absolute atomic E-state index is 0.314. The van der Waals surface area contributed by atoms with Gasteiger partial charge in [0.1, 0.15) is 5.69 Å². The van der Waals surface area contributed by atoms with Crippen LogP contribution < -0.4 is 0 Å². The van der Waals surface area contributed by atoms with Crippen LogP contribution in [-0.2, 0) is 6.18 Å². The third kappa shape index (κ3) is 3.54. The SMILES string of the molecule is CSC1CCCCC1n1cc(-c2ccc(C(F)(F)F)cc2)nn1. The molecule has 1 aliphatic rings. The number of benzene rings is 1. The molecule has 0 saturated heterocycles. The van der Waals surface area contributed by atoms with Gasteiger partial charge in [-0.05, 0) is 31.2 Å². The Morgan fingerprint density at radius 2 is 1.83 bits per heavy atom. The average Bonchev–Trinajstić information content (AvgIpc) is 3.04. The fraction of sp³-hybridized carbons (Fsp3) is 0.500. The second kappa shape index (κ2) is 6.55. The van der Waals surface area contributed by atoms with Crippen LogP contribution in [0.25, 0.3) is 11.3 Å². The standard InChI is InChI=1S/C16H18F3N3S/c1-23-15-5-3-2-4-14(15)22-10-13(20-21-22)11-6-8-12(9-7-11)16(17,18)19/h6-10,14-15H,2-5H2,1H3. The van der Waals surface area contributed by atoms with Crippen molar-refractivity contribution in [3.63, 3.8) is 0 Å². The molecule has 0 radical (unpaired) electrons. The molecule has 2 atom stereocenters. The zero-order valence-electron chi connectivity index (χ0n) is 12.8. The van der Waals surface area contributed by atoms with Gasteiger partial charge in [-0.25, -0.2) is 4.68 Å². The van der Waals surface area contributed by atoms with E-state index in [-0.39, 0.29) is 0 Å². The first kappa shape index (κ1) is 16.4. The summed E-state index contributed by atoms with van der Waals surface area (Å²) < 4.78 is 39.7. The van der Waals surface area contributed by atoms with Crippen molar-refractivity contribution < 1.29 is 13.2 Å². The first-order chi connectivity index (χ1) is 11.0. The lowest BCUT2D eigenvalue weighted by Crippen LogP contribution is -2.25. The van der Waals surface area contributed by atoms with E-state index in [2.05, 4.69) is 16.6 Å². The van der Waals surface area contributed by atoms with E-state index in [9.17, 15) is 13.2 Å². The monoisotopic (exact) mass is 341 g/mol. The summed E-state index contributed by atoms with van der Waals surface area (Å²) in [5, 5.41) is 8.88. The molecule has 3 rings (SSSR count). The Morgan fingerprint density at radius 1 is 1.13 bits per heavy atom. The van der Waals surface area contributed by atoms with Crippen LogP contribution in [0, 0.1) is 0 Å². The fourth-order valence-electron chi connectivity index (χ4n) is 3.06. The number of hydrogen-bond donors (Lipinski definition) is 0. The van der Waals surface area contributed by atoms with Crippen molar-refractivity contribution in [2.24, 2.45) is 0 Å². The Kier molecular flexibility index (Phi) is 4.66. The number of rotatable bonds is 3.